The first-order chi connectivity index (χ1) is 15.8. The van der Waals surface area contributed by atoms with E-state index in [4.69, 9.17) is 0 Å². The Bertz CT molecular complexity index is 1520. The van der Waals surface area contributed by atoms with Crippen molar-refractivity contribution in [3.8, 4) is 5.95 Å². The molecule has 2 N–H and O–H groups in total. The number of nitrogens with zero attached hydrogens (tertiary/aromatic N) is 5. The minimum absolute atomic E-state index is 0.00711. The van der Waals surface area contributed by atoms with E-state index in [0.29, 0.717) is 22.3 Å². The van der Waals surface area contributed by atoms with Crippen molar-refractivity contribution in [1.29, 1.82) is 0 Å². The van der Waals surface area contributed by atoms with Crippen LogP contribution in [0, 0.1) is 11.6 Å². The molecule has 6 rings (SSSR count). The van der Waals surface area contributed by atoms with E-state index in [1.807, 2.05) is 0 Å². The highest BCUT2D eigenvalue weighted by molar-refractivity contribution is 6.13. The molecule has 0 aliphatic carbocycles. The van der Waals surface area contributed by atoms with Crippen molar-refractivity contribution in [3.05, 3.63) is 65.0 Å². The summed E-state index contributed by atoms with van der Waals surface area (Å²) in [4.78, 5) is 37.8. The summed E-state index contributed by atoms with van der Waals surface area (Å²) in [5.41, 5.74) is 0.851. The van der Waals surface area contributed by atoms with Gasteiger partial charge in [-0.1, -0.05) is 18.2 Å². The van der Waals surface area contributed by atoms with Gasteiger partial charge in [0.2, 0.25) is 11.8 Å². The summed E-state index contributed by atoms with van der Waals surface area (Å²) >= 11 is 0. The third-order valence-corrected chi connectivity index (χ3v) is 6.02. The lowest BCUT2D eigenvalue weighted by Crippen LogP contribution is -2.39. The minimum atomic E-state index is -1.07. The number of halogens is 2. The van der Waals surface area contributed by atoms with Crippen molar-refractivity contribution in [2.45, 2.75) is 25.2 Å². The number of carbonyl (C=O) groups excluding carboxylic acids is 2. The maximum absolute atomic E-state index is 14.3. The Morgan fingerprint density at radius 3 is 2.67 bits per heavy atom. The van der Waals surface area contributed by atoms with Crippen molar-refractivity contribution in [3.63, 3.8) is 0 Å². The summed E-state index contributed by atoms with van der Waals surface area (Å²) in [6, 6.07) is 7.50. The van der Waals surface area contributed by atoms with E-state index in [0.717, 1.165) is 6.20 Å². The van der Waals surface area contributed by atoms with Crippen molar-refractivity contribution in [1.82, 2.24) is 24.7 Å². The molecule has 33 heavy (non-hydrogen) atoms. The smallest absolute Gasteiger partial charge is 0.255 e. The van der Waals surface area contributed by atoms with E-state index in [2.05, 4.69) is 30.7 Å². The van der Waals surface area contributed by atoms with Crippen molar-refractivity contribution in [2.24, 2.45) is 0 Å². The predicted octanol–water partition coefficient (Wildman–Crippen LogP) is 2.63. The van der Waals surface area contributed by atoms with Crippen LogP contribution in [0.5, 0.6) is 0 Å². The standard InChI is InChI=1S/C22H15F2N7O2/c1-22-8-15(32)26-18-16(22)19(27-20(22)33)29-21(28-18)31-14-7-11(23)9-25-17(14)13(30-31)6-10-4-2-3-5-12(10)24/h2-5,7,9H,6,8H2,1H3,(H2,26,27,28,29,32,33)/t22-/m0/s1. The fourth-order valence-corrected chi connectivity index (χ4v) is 4.40. The molecule has 2 amide bonds. The summed E-state index contributed by atoms with van der Waals surface area (Å²) in [7, 11) is 0. The summed E-state index contributed by atoms with van der Waals surface area (Å²) < 4.78 is 29.6. The number of fused-ring (bicyclic) bond motifs is 1. The Balaban J connectivity index is 1.55. The first-order valence-corrected chi connectivity index (χ1v) is 10.1. The van der Waals surface area contributed by atoms with Crippen molar-refractivity contribution < 1.29 is 18.4 Å². The number of pyridine rings is 1. The van der Waals surface area contributed by atoms with Gasteiger partial charge in [0, 0.05) is 18.9 Å². The molecular formula is C22H15F2N7O2. The Labute approximate surface area is 184 Å². The molecular weight excluding hydrogens is 432 g/mol. The van der Waals surface area contributed by atoms with Crippen LogP contribution in [0.15, 0.2) is 36.5 Å². The van der Waals surface area contributed by atoms with Gasteiger partial charge in [0.15, 0.2) is 0 Å². The summed E-state index contributed by atoms with van der Waals surface area (Å²) in [5.74, 6) is -1.24. The van der Waals surface area contributed by atoms with E-state index < -0.39 is 17.0 Å². The van der Waals surface area contributed by atoms with Gasteiger partial charge in [-0.05, 0) is 18.6 Å². The SMILES string of the molecule is C[C@]12CC(=O)Nc3nc(-n4nc(Cc5ccccc5F)c5ncc(F)cc54)nc(c31)NC2=O. The highest BCUT2D eigenvalue weighted by atomic mass is 19.1. The lowest BCUT2D eigenvalue weighted by atomic mass is 9.79. The van der Waals surface area contributed by atoms with Gasteiger partial charge in [0.05, 0.1) is 28.4 Å². The maximum atomic E-state index is 14.3. The van der Waals surface area contributed by atoms with Gasteiger partial charge in [-0.3, -0.25) is 9.59 Å². The minimum Gasteiger partial charge on any atom is -0.310 e. The molecule has 0 unspecified atom stereocenters. The summed E-state index contributed by atoms with van der Waals surface area (Å²) in [6.45, 7) is 1.66. The number of hydrogen-bond acceptors (Lipinski definition) is 6. The molecule has 0 radical (unpaired) electrons. The van der Waals surface area contributed by atoms with Gasteiger partial charge in [-0.15, -0.1) is 0 Å². The molecule has 0 fully saturated rings. The zero-order valence-corrected chi connectivity index (χ0v) is 17.2. The third kappa shape index (κ3) is 2.81. The van der Waals surface area contributed by atoms with Gasteiger partial charge >= 0.3 is 0 Å². The molecule has 1 aromatic carbocycles. The number of rotatable bonds is 3. The summed E-state index contributed by atoms with van der Waals surface area (Å²) in [5, 5.41) is 9.88. The first-order valence-electron chi connectivity index (χ1n) is 10.1. The van der Waals surface area contributed by atoms with Crippen molar-refractivity contribution in [2.75, 3.05) is 10.6 Å². The molecule has 0 saturated carbocycles. The lowest BCUT2D eigenvalue weighted by Gasteiger charge is -2.27. The number of anilines is 2. The largest absolute Gasteiger partial charge is 0.310 e. The normalized spacial score (nSPS) is 18.9. The number of carbonyl (C=O) groups is 2. The molecule has 3 aromatic heterocycles. The van der Waals surface area contributed by atoms with Crippen LogP contribution in [0.3, 0.4) is 0 Å². The van der Waals surface area contributed by atoms with Gasteiger partial charge in [-0.25, -0.2) is 13.8 Å². The van der Waals surface area contributed by atoms with Crippen LogP contribution < -0.4 is 10.6 Å². The second-order valence-corrected chi connectivity index (χ2v) is 8.25. The molecule has 9 nitrogen and oxygen atoms in total. The summed E-state index contributed by atoms with van der Waals surface area (Å²) in [6.07, 6.45) is 1.14. The second kappa shape index (κ2) is 6.61. The van der Waals surface area contributed by atoms with Gasteiger partial charge in [-0.2, -0.15) is 19.7 Å². The molecule has 5 heterocycles. The average molecular weight is 447 g/mol. The topological polar surface area (TPSA) is 115 Å². The number of hydrogen-bond donors (Lipinski definition) is 2. The first kappa shape index (κ1) is 19.4. The van der Waals surface area contributed by atoms with Crippen LogP contribution in [0.2, 0.25) is 0 Å². The van der Waals surface area contributed by atoms with Crippen LogP contribution in [-0.2, 0) is 21.4 Å². The molecule has 0 spiro atoms. The predicted molar refractivity (Wildman–Crippen MR) is 113 cm³/mol. The Morgan fingerprint density at radius 2 is 1.88 bits per heavy atom. The van der Waals surface area contributed by atoms with Crippen LogP contribution in [0.25, 0.3) is 17.0 Å². The Kier molecular flexibility index (Phi) is 3.89. The van der Waals surface area contributed by atoms with Gasteiger partial charge in [0.25, 0.3) is 5.95 Å². The van der Waals surface area contributed by atoms with Crippen LogP contribution in [-0.4, -0.2) is 36.5 Å². The van der Waals surface area contributed by atoms with E-state index >= 15 is 0 Å². The molecule has 2 aliphatic heterocycles. The Hall–Kier alpha value is -4.28. The average Bonchev–Trinajstić information content (AvgIpc) is 3.24. The second-order valence-electron chi connectivity index (χ2n) is 8.25. The molecule has 0 bridgehead atoms. The van der Waals surface area contributed by atoms with E-state index in [9.17, 15) is 18.4 Å². The molecule has 4 aromatic rings. The molecule has 1 atom stereocenters. The maximum Gasteiger partial charge on any atom is 0.255 e. The number of benzene rings is 1. The van der Waals surface area contributed by atoms with E-state index in [-0.39, 0.29) is 47.8 Å². The molecule has 164 valence electrons. The number of aromatic nitrogens is 5. The number of nitrogens with one attached hydrogen (secondary N) is 2. The highest BCUT2D eigenvalue weighted by Gasteiger charge is 2.50. The molecule has 0 saturated heterocycles. The monoisotopic (exact) mass is 447 g/mol. The quantitative estimate of drug-likeness (QED) is 0.499. The van der Waals surface area contributed by atoms with E-state index in [1.54, 1.807) is 25.1 Å². The third-order valence-electron chi connectivity index (χ3n) is 6.02. The van der Waals surface area contributed by atoms with Crippen molar-refractivity contribution >= 4 is 34.5 Å². The highest BCUT2D eigenvalue weighted by Crippen LogP contribution is 2.45. The van der Waals surface area contributed by atoms with Crippen LogP contribution in [0.1, 0.15) is 30.2 Å². The number of amides is 2. The fraction of sp³-hybridized carbons (Fsp3) is 0.182. The van der Waals surface area contributed by atoms with E-state index in [1.165, 1.54) is 16.8 Å². The zero-order chi connectivity index (χ0) is 22.9. The molecule has 2 aliphatic rings. The fourth-order valence-electron chi connectivity index (χ4n) is 4.40. The van der Waals surface area contributed by atoms with Crippen LogP contribution in [0.4, 0.5) is 20.4 Å². The van der Waals surface area contributed by atoms with Gasteiger partial charge in [0.1, 0.15) is 28.8 Å². The van der Waals surface area contributed by atoms with Crippen LogP contribution >= 0.6 is 0 Å². The molecule has 11 heteroatoms. The lowest BCUT2D eigenvalue weighted by molar-refractivity contribution is -0.125. The zero-order valence-electron chi connectivity index (χ0n) is 17.2. The van der Waals surface area contributed by atoms with Gasteiger partial charge < -0.3 is 10.6 Å². The Morgan fingerprint density at radius 1 is 1.12 bits per heavy atom.